The minimum atomic E-state index is -3.35. The highest BCUT2D eigenvalue weighted by Gasteiger charge is 2.37. The summed E-state index contributed by atoms with van der Waals surface area (Å²) in [5.74, 6) is -0.0698. The van der Waals surface area contributed by atoms with E-state index >= 15 is 0 Å². The molecular formula is C27H33N5O6S2. The lowest BCUT2D eigenvalue weighted by molar-refractivity contribution is -0.110. The van der Waals surface area contributed by atoms with Crippen molar-refractivity contribution in [2.45, 2.75) is 54.9 Å². The lowest BCUT2D eigenvalue weighted by atomic mass is 10.1. The van der Waals surface area contributed by atoms with Crippen LogP contribution in [0.3, 0.4) is 0 Å². The molecule has 11 nitrogen and oxygen atoms in total. The number of sulfone groups is 1. The fraction of sp³-hybridized carbons (Fsp3) is 0.481. The third-order valence-electron chi connectivity index (χ3n) is 7.05. The molecule has 0 unspecified atom stereocenters. The van der Waals surface area contributed by atoms with E-state index in [9.17, 15) is 13.2 Å². The Bertz CT molecular complexity index is 1510. The summed E-state index contributed by atoms with van der Waals surface area (Å²) < 4.78 is 36.5. The van der Waals surface area contributed by atoms with Gasteiger partial charge in [-0.2, -0.15) is 0 Å². The smallest absolute Gasteiger partial charge is 0.280 e. The van der Waals surface area contributed by atoms with Crippen LogP contribution in [0.25, 0.3) is 10.3 Å². The van der Waals surface area contributed by atoms with Gasteiger partial charge < -0.3 is 19.2 Å². The molecule has 1 N–H and O–H groups in total. The molecule has 2 aromatic heterocycles. The number of amides is 1. The number of nitrogens with one attached hydrogen (secondary N) is 1. The Balaban J connectivity index is 1.34. The number of fused-ring (bicyclic) bond motifs is 1. The summed E-state index contributed by atoms with van der Waals surface area (Å²) in [5, 5.41) is 6.96. The molecule has 0 radical (unpaired) electrons. The van der Waals surface area contributed by atoms with Crippen molar-refractivity contribution in [3.63, 3.8) is 0 Å². The number of ether oxygens (including phenoxy) is 2. The molecule has 1 saturated carbocycles. The molecule has 2 aliphatic rings. The first-order valence-electron chi connectivity index (χ1n) is 13.1. The number of carbonyl (C=O) groups is 1. The normalized spacial score (nSPS) is 18.3. The van der Waals surface area contributed by atoms with Crippen LogP contribution in [0.1, 0.15) is 38.7 Å². The van der Waals surface area contributed by atoms with Crippen molar-refractivity contribution in [3.8, 4) is 5.88 Å². The third-order valence-corrected chi connectivity index (χ3v) is 10.2. The van der Waals surface area contributed by atoms with Gasteiger partial charge in [0, 0.05) is 23.6 Å². The SMILES string of the molecule is CN(C)C(C)(C)COc1ccc2nc(NC(=O)/C(=N/O[C@@H]3CCOC3)c3ccc(S(=O)(=O)C4CC4)cc3)sc2n1. The van der Waals surface area contributed by atoms with E-state index in [0.717, 1.165) is 0 Å². The Kier molecular flexibility index (Phi) is 8.09. The van der Waals surface area contributed by atoms with Crippen molar-refractivity contribution in [2.24, 2.45) is 5.16 Å². The molecule has 1 aromatic carbocycles. The Morgan fingerprint density at radius 3 is 2.55 bits per heavy atom. The number of anilines is 1. The summed E-state index contributed by atoms with van der Waals surface area (Å²) >= 11 is 1.21. The predicted molar refractivity (Wildman–Crippen MR) is 153 cm³/mol. The molecule has 3 aromatic rings. The van der Waals surface area contributed by atoms with Gasteiger partial charge in [0.1, 0.15) is 17.0 Å². The molecule has 1 aliphatic heterocycles. The number of likely N-dealkylation sites (N-methyl/N-ethyl adjacent to an activating group) is 1. The van der Waals surface area contributed by atoms with Gasteiger partial charge in [-0.25, -0.2) is 18.4 Å². The number of carbonyl (C=O) groups excluding carboxylic acids is 1. The Morgan fingerprint density at radius 1 is 1.15 bits per heavy atom. The summed E-state index contributed by atoms with van der Waals surface area (Å²) in [5.41, 5.74) is 0.868. The van der Waals surface area contributed by atoms with Gasteiger partial charge in [-0.15, -0.1) is 0 Å². The molecule has 5 rings (SSSR count). The fourth-order valence-corrected chi connectivity index (χ4v) is 6.27. The lowest BCUT2D eigenvalue weighted by Crippen LogP contribution is -2.43. The summed E-state index contributed by atoms with van der Waals surface area (Å²) in [6, 6.07) is 9.70. The van der Waals surface area contributed by atoms with Crippen molar-refractivity contribution in [2.75, 3.05) is 39.2 Å². The maximum Gasteiger partial charge on any atom is 0.280 e. The molecule has 2 fully saturated rings. The maximum atomic E-state index is 13.4. The van der Waals surface area contributed by atoms with Crippen LogP contribution in [0, 0.1) is 0 Å². The van der Waals surface area contributed by atoms with Gasteiger partial charge in [0.15, 0.2) is 26.8 Å². The van der Waals surface area contributed by atoms with E-state index < -0.39 is 15.7 Å². The van der Waals surface area contributed by atoms with E-state index in [1.54, 1.807) is 24.3 Å². The first kappa shape index (κ1) is 28.4. The molecule has 0 spiro atoms. The van der Waals surface area contributed by atoms with Crippen LogP contribution in [0.2, 0.25) is 0 Å². The number of aromatic nitrogens is 2. The standard InChI is InChI=1S/C27H33N5O6S2/c1-27(2,32(3)4)16-37-22-12-11-21-25(29-22)39-26(28-21)30-24(33)23(31-38-18-13-14-36-15-18)17-5-7-19(8-6-17)40(34,35)20-9-10-20/h5-8,11-12,18,20H,9-10,13-16H2,1-4H3,(H,28,30,33)/b31-23+/t18-/m1/s1. The first-order valence-corrected chi connectivity index (χ1v) is 15.4. The van der Waals surface area contributed by atoms with Gasteiger partial charge in [-0.05, 0) is 59.0 Å². The molecule has 1 atom stereocenters. The number of oxime groups is 1. The van der Waals surface area contributed by atoms with Crippen molar-refractivity contribution in [1.82, 2.24) is 14.9 Å². The topological polar surface area (TPSA) is 132 Å². The molecule has 0 bridgehead atoms. The maximum absolute atomic E-state index is 13.4. The van der Waals surface area contributed by atoms with Crippen molar-refractivity contribution in [1.29, 1.82) is 0 Å². The monoisotopic (exact) mass is 587 g/mol. The number of nitrogens with zero attached hydrogens (tertiary/aromatic N) is 4. The number of pyridine rings is 1. The summed E-state index contributed by atoms with van der Waals surface area (Å²) in [7, 11) is 0.632. The van der Waals surface area contributed by atoms with Crippen LogP contribution < -0.4 is 10.1 Å². The van der Waals surface area contributed by atoms with E-state index in [2.05, 4.69) is 39.2 Å². The van der Waals surface area contributed by atoms with E-state index in [1.807, 2.05) is 14.1 Å². The van der Waals surface area contributed by atoms with Crippen LogP contribution in [-0.2, 0) is 24.2 Å². The summed E-state index contributed by atoms with van der Waals surface area (Å²) in [4.78, 5) is 30.9. The zero-order chi connectivity index (χ0) is 28.5. The van der Waals surface area contributed by atoms with E-state index in [0.29, 0.717) is 66.0 Å². The lowest BCUT2D eigenvalue weighted by Gasteiger charge is -2.31. The molecule has 1 saturated heterocycles. The van der Waals surface area contributed by atoms with E-state index in [4.69, 9.17) is 14.3 Å². The number of rotatable bonds is 11. The highest BCUT2D eigenvalue weighted by atomic mass is 32.2. The second kappa shape index (κ2) is 11.4. The Hall–Kier alpha value is -3.13. The molecule has 40 heavy (non-hydrogen) atoms. The van der Waals surface area contributed by atoms with Crippen LogP contribution >= 0.6 is 11.3 Å². The van der Waals surface area contributed by atoms with Gasteiger partial charge in [-0.1, -0.05) is 28.6 Å². The zero-order valence-corrected chi connectivity index (χ0v) is 24.5. The Labute approximate surface area is 237 Å². The van der Waals surface area contributed by atoms with E-state index in [1.165, 1.54) is 23.5 Å². The highest BCUT2D eigenvalue weighted by Crippen LogP contribution is 2.33. The number of hydrogen-bond donors (Lipinski definition) is 1. The number of hydrogen-bond acceptors (Lipinski definition) is 11. The van der Waals surface area contributed by atoms with Crippen LogP contribution in [-0.4, -0.2) is 85.7 Å². The average molecular weight is 588 g/mol. The minimum absolute atomic E-state index is 0.00410. The average Bonchev–Trinajstić information content (AvgIpc) is 3.52. The second-order valence-corrected chi connectivity index (χ2v) is 13.9. The molecule has 3 heterocycles. The highest BCUT2D eigenvalue weighted by molar-refractivity contribution is 7.92. The Morgan fingerprint density at radius 2 is 1.90 bits per heavy atom. The van der Waals surface area contributed by atoms with Gasteiger partial charge in [0.2, 0.25) is 5.88 Å². The van der Waals surface area contributed by atoms with Gasteiger partial charge in [0.05, 0.1) is 23.4 Å². The third kappa shape index (κ3) is 6.43. The zero-order valence-electron chi connectivity index (χ0n) is 22.9. The van der Waals surface area contributed by atoms with Gasteiger partial charge >= 0.3 is 0 Å². The summed E-state index contributed by atoms with van der Waals surface area (Å²) in [6.07, 6.45) is 1.75. The largest absolute Gasteiger partial charge is 0.476 e. The molecule has 13 heteroatoms. The fourth-order valence-electron chi connectivity index (χ4n) is 3.79. The quantitative estimate of drug-likeness (QED) is 0.264. The number of thiazole rings is 1. The first-order chi connectivity index (χ1) is 19.0. The van der Waals surface area contributed by atoms with E-state index in [-0.39, 0.29) is 27.5 Å². The van der Waals surface area contributed by atoms with Crippen LogP contribution in [0.4, 0.5) is 5.13 Å². The van der Waals surface area contributed by atoms with Crippen LogP contribution in [0.5, 0.6) is 5.88 Å². The van der Waals surface area contributed by atoms with Crippen molar-refractivity contribution < 1.29 is 27.5 Å². The molecule has 1 amide bonds. The minimum Gasteiger partial charge on any atom is -0.476 e. The molecule has 214 valence electrons. The van der Waals surface area contributed by atoms with Gasteiger partial charge in [-0.3, -0.25) is 10.1 Å². The summed E-state index contributed by atoms with van der Waals surface area (Å²) in [6.45, 7) is 5.55. The molecular weight excluding hydrogens is 554 g/mol. The van der Waals surface area contributed by atoms with Crippen molar-refractivity contribution in [3.05, 3.63) is 42.0 Å². The van der Waals surface area contributed by atoms with Gasteiger partial charge in [0.25, 0.3) is 5.91 Å². The second-order valence-electron chi connectivity index (χ2n) is 10.7. The van der Waals surface area contributed by atoms with Crippen molar-refractivity contribution >= 4 is 48.3 Å². The molecule has 1 aliphatic carbocycles. The number of benzene rings is 1. The predicted octanol–water partition coefficient (Wildman–Crippen LogP) is 3.49. The van der Waals surface area contributed by atoms with Crippen LogP contribution in [0.15, 0.2) is 46.4 Å².